The molecule has 106 valence electrons. The van der Waals surface area contributed by atoms with E-state index in [0.717, 1.165) is 4.47 Å². The van der Waals surface area contributed by atoms with Gasteiger partial charge in [-0.05, 0) is 34.1 Å². The van der Waals surface area contributed by atoms with Gasteiger partial charge < -0.3 is 5.11 Å². The molecule has 0 amide bonds. The number of aryl methyl sites for hydroxylation is 1. The lowest BCUT2D eigenvalue weighted by Gasteiger charge is -2.00. The van der Waals surface area contributed by atoms with E-state index in [1.54, 1.807) is 36.3 Å². The molecule has 0 fully saturated rings. The number of hydrogen-bond acceptors (Lipinski definition) is 4. The number of rotatable bonds is 3. The molecule has 3 aromatic heterocycles. The highest BCUT2D eigenvalue weighted by Gasteiger charge is 2.20. The lowest BCUT2D eigenvalue weighted by atomic mass is 10.2. The lowest BCUT2D eigenvalue weighted by Crippen LogP contribution is -2.00. The summed E-state index contributed by atoms with van der Waals surface area (Å²) in [4.78, 5) is 15.6. The van der Waals surface area contributed by atoms with Crippen LogP contribution < -0.4 is 0 Å². The second-order valence-electron chi connectivity index (χ2n) is 4.32. The highest BCUT2D eigenvalue weighted by Crippen LogP contribution is 2.23. The van der Waals surface area contributed by atoms with Crippen LogP contribution in [-0.4, -0.2) is 35.6 Å². The molecule has 3 rings (SSSR count). The van der Waals surface area contributed by atoms with Gasteiger partial charge >= 0.3 is 5.97 Å². The van der Waals surface area contributed by atoms with Gasteiger partial charge in [-0.3, -0.25) is 4.68 Å². The van der Waals surface area contributed by atoms with Gasteiger partial charge in [-0.15, -0.1) is 0 Å². The van der Waals surface area contributed by atoms with Crippen LogP contribution in [0.5, 0.6) is 0 Å². The van der Waals surface area contributed by atoms with Crippen LogP contribution in [0.4, 0.5) is 0 Å². The molecule has 7 nitrogen and oxygen atoms in total. The van der Waals surface area contributed by atoms with Crippen molar-refractivity contribution in [1.82, 2.24) is 24.5 Å². The Morgan fingerprint density at radius 3 is 2.71 bits per heavy atom. The van der Waals surface area contributed by atoms with Crippen molar-refractivity contribution in [3.8, 4) is 17.2 Å². The smallest absolute Gasteiger partial charge is 0.339 e. The summed E-state index contributed by atoms with van der Waals surface area (Å²) in [5.74, 6) is -0.510. The summed E-state index contributed by atoms with van der Waals surface area (Å²) in [5.41, 5.74) is 1.08. The van der Waals surface area contributed by atoms with Crippen molar-refractivity contribution in [3.63, 3.8) is 0 Å². The van der Waals surface area contributed by atoms with E-state index in [9.17, 15) is 9.90 Å². The molecule has 0 aliphatic rings. The lowest BCUT2D eigenvalue weighted by molar-refractivity contribution is 0.0697. The number of carboxylic acids is 1. The van der Waals surface area contributed by atoms with Crippen LogP contribution in [0.2, 0.25) is 0 Å². The van der Waals surface area contributed by atoms with Crippen LogP contribution in [0.25, 0.3) is 17.2 Å². The van der Waals surface area contributed by atoms with Gasteiger partial charge in [-0.25, -0.2) is 14.5 Å². The second-order valence-corrected chi connectivity index (χ2v) is 5.23. The Hall–Kier alpha value is -2.48. The van der Waals surface area contributed by atoms with Crippen LogP contribution >= 0.6 is 15.9 Å². The zero-order valence-electron chi connectivity index (χ0n) is 10.9. The number of pyridine rings is 1. The van der Waals surface area contributed by atoms with Crippen molar-refractivity contribution < 1.29 is 9.90 Å². The molecule has 0 radical (unpaired) electrons. The standard InChI is InChI=1S/C13H10BrN5O2/c1-18-10(4-5-16-18)12-9(13(20)21)7-19(17-12)11-3-2-8(14)6-15-11/h2-7H,1H3,(H,20,21). The molecule has 0 aromatic carbocycles. The van der Waals surface area contributed by atoms with Crippen molar-refractivity contribution in [2.75, 3.05) is 0 Å². The van der Waals surface area contributed by atoms with Crippen molar-refractivity contribution in [3.05, 3.63) is 46.8 Å². The van der Waals surface area contributed by atoms with Gasteiger partial charge in [0.25, 0.3) is 0 Å². The maximum absolute atomic E-state index is 11.4. The number of halogens is 1. The average molecular weight is 348 g/mol. The maximum atomic E-state index is 11.4. The van der Waals surface area contributed by atoms with E-state index in [0.29, 0.717) is 17.2 Å². The number of carboxylic acid groups (broad SMARTS) is 1. The maximum Gasteiger partial charge on any atom is 0.339 e. The van der Waals surface area contributed by atoms with E-state index < -0.39 is 5.97 Å². The summed E-state index contributed by atoms with van der Waals surface area (Å²) in [5, 5.41) is 17.7. The highest BCUT2D eigenvalue weighted by molar-refractivity contribution is 9.10. The first kappa shape index (κ1) is 13.5. The van der Waals surface area contributed by atoms with Crippen molar-refractivity contribution in [2.45, 2.75) is 0 Å². The molecule has 0 spiro atoms. The molecule has 21 heavy (non-hydrogen) atoms. The van der Waals surface area contributed by atoms with Crippen LogP contribution in [0.3, 0.4) is 0 Å². The van der Waals surface area contributed by atoms with Crippen molar-refractivity contribution in [1.29, 1.82) is 0 Å². The minimum atomic E-state index is -1.05. The van der Waals surface area contributed by atoms with Gasteiger partial charge in [0.2, 0.25) is 0 Å². The van der Waals surface area contributed by atoms with Crippen LogP contribution in [0.1, 0.15) is 10.4 Å². The summed E-state index contributed by atoms with van der Waals surface area (Å²) >= 11 is 3.30. The minimum Gasteiger partial charge on any atom is -0.478 e. The monoisotopic (exact) mass is 347 g/mol. The summed E-state index contributed by atoms with van der Waals surface area (Å²) in [7, 11) is 1.73. The summed E-state index contributed by atoms with van der Waals surface area (Å²) < 4.78 is 3.86. The topological polar surface area (TPSA) is 85.8 Å². The molecule has 3 aromatic rings. The van der Waals surface area contributed by atoms with Crippen LogP contribution in [0.15, 0.2) is 41.3 Å². The van der Waals surface area contributed by atoms with Gasteiger partial charge in [0.1, 0.15) is 11.3 Å². The van der Waals surface area contributed by atoms with Gasteiger partial charge in [0, 0.05) is 30.1 Å². The van der Waals surface area contributed by atoms with E-state index in [1.807, 2.05) is 6.07 Å². The van der Waals surface area contributed by atoms with Gasteiger partial charge in [0.15, 0.2) is 5.82 Å². The molecule has 0 aliphatic heterocycles. The zero-order valence-corrected chi connectivity index (χ0v) is 12.5. The molecule has 0 unspecified atom stereocenters. The van der Waals surface area contributed by atoms with E-state index >= 15 is 0 Å². The second kappa shape index (κ2) is 5.13. The third kappa shape index (κ3) is 2.45. The van der Waals surface area contributed by atoms with E-state index in [2.05, 4.69) is 31.1 Å². The predicted molar refractivity (Wildman–Crippen MR) is 78.2 cm³/mol. The Labute approximate surface area is 128 Å². The van der Waals surface area contributed by atoms with Crippen LogP contribution in [0, 0.1) is 0 Å². The Bertz CT molecular complexity index is 806. The van der Waals surface area contributed by atoms with Gasteiger partial charge in [-0.2, -0.15) is 10.2 Å². The fourth-order valence-electron chi connectivity index (χ4n) is 1.95. The number of aromatic nitrogens is 5. The first-order chi connectivity index (χ1) is 10.1. The Balaban J connectivity index is 2.15. The summed E-state index contributed by atoms with van der Waals surface area (Å²) in [6.45, 7) is 0. The molecule has 0 saturated carbocycles. The van der Waals surface area contributed by atoms with Crippen molar-refractivity contribution >= 4 is 21.9 Å². The third-order valence-electron chi connectivity index (χ3n) is 2.95. The molecule has 8 heteroatoms. The van der Waals surface area contributed by atoms with Crippen molar-refractivity contribution in [2.24, 2.45) is 7.05 Å². The average Bonchev–Trinajstić information content (AvgIpc) is 3.05. The molecule has 0 aliphatic carbocycles. The molecule has 0 atom stereocenters. The fraction of sp³-hybridized carbons (Fsp3) is 0.0769. The molecule has 0 saturated heterocycles. The predicted octanol–water partition coefficient (Wildman–Crippen LogP) is 2.13. The van der Waals surface area contributed by atoms with Gasteiger partial charge in [0.05, 0.1) is 5.69 Å². The first-order valence-corrected chi connectivity index (χ1v) is 6.79. The molecule has 0 bridgehead atoms. The fourth-order valence-corrected chi connectivity index (χ4v) is 2.18. The SMILES string of the molecule is Cn1nccc1-c1nn(-c2ccc(Br)cn2)cc1C(=O)O. The number of carbonyl (C=O) groups is 1. The summed E-state index contributed by atoms with van der Waals surface area (Å²) in [6, 6.07) is 5.28. The first-order valence-electron chi connectivity index (χ1n) is 5.99. The van der Waals surface area contributed by atoms with Crippen LogP contribution in [-0.2, 0) is 7.05 Å². The number of aromatic carboxylic acids is 1. The molecular weight excluding hydrogens is 338 g/mol. The highest BCUT2D eigenvalue weighted by atomic mass is 79.9. The quantitative estimate of drug-likeness (QED) is 0.784. The van der Waals surface area contributed by atoms with Gasteiger partial charge in [-0.1, -0.05) is 0 Å². The zero-order chi connectivity index (χ0) is 15.0. The van der Waals surface area contributed by atoms with E-state index in [1.165, 1.54) is 10.9 Å². The van der Waals surface area contributed by atoms with E-state index in [-0.39, 0.29) is 5.56 Å². The van der Waals surface area contributed by atoms with E-state index in [4.69, 9.17) is 0 Å². The number of hydrogen-bond donors (Lipinski definition) is 1. The molecule has 3 heterocycles. The third-order valence-corrected chi connectivity index (χ3v) is 3.42. The Kier molecular flexibility index (Phi) is 3.30. The Morgan fingerprint density at radius 1 is 1.33 bits per heavy atom. The minimum absolute atomic E-state index is 0.100. The molecular formula is C13H10BrN5O2. The molecule has 1 N–H and O–H groups in total. The summed E-state index contributed by atoms with van der Waals surface area (Å²) in [6.07, 6.45) is 4.67. The normalized spacial score (nSPS) is 10.8. The largest absolute Gasteiger partial charge is 0.478 e. The Morgan fingerprint density at radius 2 is 2.14 bits per heavy atom. The number of nitrogens with zero attached hydrogens (tertiary/aromatic N) is 5.